The van der Waals surface area contributed by atoms with Crippen molar-refractivity contribution in [2.45, 2.75) is 18.4 Å². The van der Waals surface area contributed by atoms with Crippen LogP contribution in [-0.4, -0.2) is 28.3 Å². The molecule has 1 rings (SSSR count). The first kappa shape index (κ1) is 9.19. The third-order valence-electron chi connectivity index (χ3n) is 1.72. The first-order chi connectivity index (χ1) is 6.01. The van der Waals surface area contributed by atoms with Crippen LogP contribution in [0.15, 0.2) is 0 Å². The number of nitrogens with zero attached hydrogens (tertiary/aromatic N) is 1. The Labute approximate surface area is 73.1 Å². The van der Waals surface area contributed by atoms with Crippen molar-refractivity contribution >= 4 is 17.7 Å². The average Bonchev–Trinajstić information content (AvgIpc) is 2.84. The van der Waals surface area contributed by atoms with E-state index in [2.05, 4.69) is 5.32 Å². The highest BCUT2D eigenvalue weighted by Gasteiger charge is 2.46. The van der Waals surface area contributed by atoms with Crippen LogP contribution in [-0.2, 0) is 14.4 Å². The minimum atomic E-state index is -1.81. The summed E-state index contributed by atoms with van der Waals surface area (Å²) in [6.07, 6.45) is 0.921. The van der Waals surface area contributed by atoms with Gasteiger partial charge in [0.25, 0.3) is 0 Å². The van der Waals surface area contributed by atoms with Gasteiger partial charge >= 0.3 is 17.7 Å². The van der Waals surface area contributed by atoms with Crippen molar-refractivity contribution in [1.29, 1.82) is 5.26 Å². The van der Waals surface area contributed by atoms with E-state index in [1.165, 1.54) is 0 Å². The maximum atomic E-state index is 10.8. The summed E-state index contributed by atoms with van der Waals surface area (Å²) >= 11 is 0. The molecule has 68 valence electrons. The molecule has 0 radical (unpaired) electrons. The predicted molar refractivity (Wildman–Crippen MR) is 38.4 cm³/mol. The van der Waals surface area contributed by atoms with Gasteiger partial charge in [-0.25, -0.2) is 4.79 Å². The van der Waals surface area contributed by atoms with E-state index in [1.54, 1.807) is 6.07 Å². The van der Waals surface area contributed by atoms with E-state index in [-0.39, 0.29) is 0 Å². The molecule has 0 heterocycles. The Bertz CT molecular complexity index is 324. The summed E-state index contributed by atoms with van der Waals surface area (Å²) in [4.78, 5) is 31.4. The Kier molecular flexibility index (Phi) is 2.02. The number of Topliss-reactive ketones (excluding diaryl/α,β-unsaturated/α-hetero) is 1. The molecular weight excluding hydrogens is 176 g/mol. The number of nitriles is 1. The van der Waals surface area contributed by atoms with Gasteiger partial charge in [-0.05, 0) is 12.8 Å². The number of ketones is 1. The summed E-state index contributed by atoms with van der Waals surface area (Å²) in [5, 5.41) is 18.7. The molecule has 0 bridgehead atoms. The molecular formula is C7H6N2O4. The highest BCUT2D eigenvalue weighted by Crippen LogP contribution is 2.34. The summed E-state index contributed by atoms with van der Waals surface area (Å²) in [5.41, 5.74) is -0.998. The Balaban J connectivity index is 2.57. The molecule has 1 amide bonds. The van der Waals surface area contributed by atoms with Crippen LogP contribution in [0.2, 0.25) is 0 Å². The molecule has 1 fully saturated rings. The van der Waals surface area contributed by atoms with Crippen molar-refractivity contribution < 1.29 is 19.5 Å². The van der Waals surface area contributed by atoms with Gasteiger partial charge in [0.05, 0.1) is 6.07 Å². The van der Waals surface area contributed by atoms with E-state index in [4.69, 9.17) is 10.4 Å². The largest absolute Gasteiger partial charge is 0.475 e. The third-order valence-corrected chi connectivity index (χ3v) is 1.72. The zero-order chi connectivity index (χ0) is 10.1. The molecule has 0 spiro atoms. The van der Waals surface area contributed by atoms with Crippen LogP contribution in [0.25, 0.3) is 0 Å². The van der Waals surface area contributed by atoms with Crippen molar-refractivity contribution in [2.75, 3.05) is 0 Å². The Morgan fingerprint density at radius 3 is 2.23 bits per heavy atom. The fourth-order valence-corrected chi connectivity index (χ4v) is 0.761. The van der Waals surface area contributed by atoms with Crippen LogP contribution in [0, 0.1) is 11.3 Å². The van der Waals surface area contributed by atoms with Crippen molar-refractivity contribution in [2.24, 2.45) is 0 Å². The van der Waals surface area contributed by atoms with E-state index in [0.717, 1.165) is 0 Å². The van der Waals surface area contributed by atoms with Crippen molar-refractivity contribution in [1.82, 2.24) is 5.32 Å². The van der Waals surface area contributed by atoms with Crippen LogP contribution in [0.5, 0.6) is 0 Å². The van der Waals surface area contributed by atoms with Gasteiger partial charge in [0.15, 0.2) is 0 Å². The second-order valence-corrected chi connectivity index (χ2v) is 2.78. The lowest BCUT2D eigenvalue weighted by molar-refractivity contribution is -0.153. The molecule has 0 saturated heterocycles. The Hall–Kier alpha value is -1.90. The van der Waals surface area contributed by atoms with E-state index in [9.17, 15) is 14.4 Å². The van der Waals surface area contributed by atoms with Crippen molar-refractivity contribution in [3.05, 3.63) is 0 Å². The fourth-order valence-electron chi connectivity index (χ4n) is 0.761. The van der Waals surface area contributed by atoms with Crippen LogP contribution >= 0.6 is 0 Å². The smallest absolute Gasteiger partial charge is 0.382 e. The topological polar surface area (TPSA) is 107 Å². The van der Waals surface area contributed by atoms with Gasteiger partial charge in [-0.1, -0.05) is 0 Å². The lowest BCUT2D eigenvalue weighted by Gasteiger charge is -2.05. The zero-order valence-electron chi connectivity index (χ0n) is 6.53. The van der Waals surface area contributed by atoms with Gasteiger partial charge in [-0.3, -0.25) is 9.59 Å². The molecule has 13 heavy (non-hydrogen) atoms. The number of rotatable bonds is 3. The molecule has 1 aliphatic carbocycles. The lowest BCUT2D eigenvalue weighted by Crippen LogP contribution is -2.42. The number of carbonyl (C=O) groups is 3. The minimum absolute atomic E-state index is 0.460. The molecule has 0 aromatic carbocycles. The van der Waals surface area contributed by atoms with Gasteiger partial charge < -0.3 is 10.4 Å². The minimum Gasteiger partial charge on any atom is -0.475 e. The Morgan fingerprint density at radius 2 is 1.92 bits per heavy atom. The van der Waals surface area contributed by atoms with Gasteiger partial charge in [0.1, 0.15) is 5.54 Å². The van der Waals surface area contributed by atoms with Crippen LogP contribution in [0.4, 0.5) is 0 Å². The summed E-state index contributed by atoms with van der Waals surface area (Å²) < 4.78 is 0. The summed E-state index contributed by atoms with van der Waals surface area (Å²) in [7, 11) is 0. The molecule has 6 nitrogen and oxygen atoms in total. The number of carboxylic acids is 1. The second kappa shape index (κ2) is 2.86. The first-order valence-electron chi connectivity index (χ1n) is 3.52. The highest BCUT2D eigenvalue weighted by molar-refractivity contribution is 6.61. The monoisotopic (exact) mass is 182 g/mol. The van der Waals surface area contributed by atoms with Crippen LogP contribution < -0.4 is 5.32 Å². The number of carboxylic acid groups (broad SMARTS) is 1. The standard InChI is InChI=1S/C7H6N2O4/c8-3-7(1-2-7)9-5(11)4(10)6(12)13/h1-2H2,(H,9,11)(H,12,13). The summed E-state index contributed by atoms with van der Waals surface area (Å²) in [5.74, 6) is -4.58. The lowest BCUT2D eigenvalue weighted by atomic mass is 10.3. The molecule has 0 aromatic rings. The highest BCUT2D eigenvalue weighted by atomic mass is 16.4. The molecule has 1 saturated carbocycles. The summed E-state index contributed by atoms with van der Waals surface area (Å²) in [6.45, 7) is 0. The van der Waals surface area contributed by atoms with Gasteiger partial charge in [-0.2, -0.15) is 5.26 Å². The maximum Gasteiger partial charge on any atom is 0.382 e. The van der Waals surface area contributed by atoms with Crippen molar-refractivity contribution in [3.63, 3.8) is 0 Å². The number of amides is 1. The van der Waals surface area contributed by atoms with Crippen LogP contribution in [0.1, 0.15) is 12.8 Å². The third kappa shape index (κ3) is 1.82. The molecule has 0 unspecified atom stereocenters. The van der Waals surface area contributed by atoms with Crippen molar-refractivity contribution in [3.8, 4) is 6.07 Å². The number of hydrogen-bond acceptors (Lipinski definition) is 4. The van der Waals surface area contributed by atoms with E-state index in [0.29, 0.717) is 12.8 Å². The quantitative estimate of drug-likeness (QED) is 0.421. The first-order valence-corrected chi connectivity index (χ1v) is 3.52. The molecule has 0 aliphatic heterocycles. The van der Waals surface area contributed by atoms with E-state index in [1.807, 2.05) is 0 Å². The number of nitrogens with one attached hydrogen (secondary N) is 1. The molecule has 1 aliphatic rings. The SMILES string of the molecule is N#CC1(NC(=O)C(=O)C(=O)O)CC1. The van der Waals surface area contributed by atoms with E-state index >= 15 is 0 Å². The van der Waals surface area contributed by atoms with Gasteiger partial charge in [0, 0.05) is 0 Å². The average molecular weight is 182 g/mol. The van der Waals surface area contributed by atoms with Gasteiger partial charge in [-0.15, -0.1) is 0 Å². The molecule has 0 atom stereocenters. The summed E-state index contributed by atoms with van der Waals surface area (Å²) in [6, 6.07) is 1.80. The van der Waals surface area contributed by atoms with Gasteiger partial charge in [0.2, 0.25) is 0 Å². The predicted octanol–water partition coefficient (Wildman–Crippen LogP) is -1.19. The second-order valence-electron chi connectivity index (χ2n) is 2.78. The number of hydrogen-bond donors (Lipinski definition) is 2. The normalized spacial score (nSPS) is 16.8. The Morgan fingerprint density at radius 1 is 1.38 bits per heavy atom. The van der Waals surface area contributed by atoms with E-state index < -0.39 is 23.2 Å². The molecule has 2 N–H and O–H groups in total. The maximum absolute atomic E-state index is 10.8. The van der Waals surface area contributed by atoms with Crippen LogP contribution in [0.3, 0.4) is 0 Å². The molecule has 6 heteroatoms. The molecule has 0 aromatic heterocycles. The fraction of sp³-hybridized carbons (Fsp3) is 0.429. The number of carbonyl (C=O) groups excluding carboxylic acids is 2. The zero-order valence-corrected chi connectivity index (χ0v) is 6.53. The number of aliphatic carboxylic acids is 1.